The van der Waals surface area contributed by atoms with Crippen LogP contribution in [0.2, 0.25) is 0 Å². The molecule has 3 nitrogen and oxygen atoms in total. The molecule has 1 aromatic carbocycles. The molecule has 0 aliphatic carbocycles. The van der Waals surface area contributed by atoms with E-state index in [1.54, 1.807) is 4.90 Å². The summed E-state index contributed by atoms with van der Waals surface area (Å²) in [5.74, 6) is 0. The van der Waals surface area contributed by atoms with E-state index in [0.29, 0.717) is 0 Å². The number of hydrogen-bond donors (Lipinski definition) is 0. The van der Waals surface area contributed by atoms with E-state index < -0.39 is 5.60 Å². The molecule has 2 rings (SSSR count). The van der Waals surface area contributed by atoms with Crippen molar-refractivity contribution in [1.82, 2.24) is 4.90 Å². The van der Waals surface area contributed by atoms with Crippen molar-refractivity contribution in [2.75, 3.05) is 0 Å². The number of ether oxygens (including phenoxy) is 1. The van der Waals surface area contributed by atoms with E-state index in [-0.39, 0.29) is 18.2 Å². The molecule has 1 aromatic rings. The van der Waals surface area contributed by atoms with Crippen LogP contribution in [0.15, 0.2) is 30.3 Å². The largest absolute Gasteiger partial charge is 0.444 e. The van der Waals surface area contributed by atoms with E-state index in [9.17, 15) is 4.79 Å². The number of carbonyl (C=O) groups is 1. The molecule has 0 N–H and O–H groups in total. The van der Waals surface area contributed by atoms with Gasteiger partial charge in [-0.2, -0.15) is 0 Å². The first kappa shape index (κ1) is 12.0. The predicted molar refractivity (Wildman–Crippen MR) is 66.7 cm³/mol. The van der Waals surface area contributed by atoms with Crippen molar-refractivity contribution in [3.8, 4) is 0 Å². The highest BCUT2D eigenvalue weighted by Gasteiger charge is 2.50. The minimum atomic E-state index is -0.430. The second kappa shape index (κ2) is 4.06. The van der Waals surface area contributed by atoms with E-state index >= 15 is 0 Å². The van der Waals surface area contributed by atoms with Gasteiger partial charge in [0.05, 0.1) is 12.1 Å². The van der Waals surface area contributed by atoms with Crippen molar-refractivity contribution >= 4 is 6.09 Å². The number of amides is 1. The standard InChI is InChI=1S/C14H19NO2/c1-10-12(11-8-6-5-7-9-11)15(10)13(16)17-14(2,3)4/h5-10,12H,1-4H3/t10?,12-,15?/m0/s1. The fourth-order valence-corrected chi connectivity index (χ4v) is 2.03. The fraction of sp³-hybridized carbons (Fsp3) is 0.500. The van der Waals surface area contributed by atoms with Gasteiger partial charge in [0.25, 0.3) is 0 Å². The van der Waals surface area contributed by atoms with Crippen molar-refractivity contribution in [2.24, 2.45) is 0 Å². The molecule has 1 aliphatic rings. The Balaban J connectivity index is 2.04. The molecule has 2 atom stereocenters. The summed E-state index contributed by atoms with van der Waals surface area (Å²) in [6.07, 6.45) is -0.223. The molecule has 0 spiro atoms. The molecule has 0 aromatic heterocycles. The molecule has 3 heteroatoms. The van der Waals surface area contributed by atoms with Gasteiger partial charge < -0.3 is 4.74 Å². The van der Waals surface area contributed by atoms with E-state index in [1.807, 2.05) is 58.0 Å². The van der Waals surface area contributed by atoms with Crippen LogP contribution in [0.5, 0.6) is 0 Å². The lowest BCUT2D eigenvalue weighted by Crippen LogP contribution is -2.27. The summed E-state index contributed by atoms with van der Waals surface area (Å²) in [6.45, 7) is 7.70. The Morgan fingerprint density at radius 3 is 2.35 bits per heavy atom. The monoisotopic (exact) mass is 233 g/mol. The zero-order chi connectivity index (χ0) is 12.6. The van der Waals surface area contributed by atoms with Gasteiger partial charge in [0.1, 0.15) is 5.60 Å². The third-order valence-corrected chi connectivity index (χ3v) is 2.85. The molecule has 0 bridgehead atoms. The van der Waals surface area contributed by atoms with Crippen LogP contribution in [0.1, 0.15) is 39.3 Å². The summed E-state index contributed by atoms with van der Waals surface area (Å²) in [5.41, 5.74) is 0.742. The Morgan fingerprint density at radius 2 is 1.82 bits per heavy atom. The van der Waals surface area contributed by atoms with Gasteiger partial charge in [-0.25, -0.2) is 4.79 Å². The molecule has 1 fully saturated rings. The maximum atomic E-state index is 11.9. The van der Waals surface area contributed by atoms with Gasteiger partial charge in [0.15, 0.2) is 0 Å². The van der Waals surface area contributed by atoms with Gasteiger partial charge >= 0.3 is 6.09 Å². The smallest absolute Gasteiger partial charge is 0.411 e. The fourth-order valence-electron chi connectivity index (χ4n) is 2.03. The molecule has 1 unspecified atom stereocenters. The molecule has 1 heterocycles. The summed E-state index contributed by atoms with van der Waals surface area (Å²) in [5, 5.41) is 0. The minimum Gasteiger partial charge on any atom is -0.444 e. The quantitative estimate of drug-likeness (QED) is 0.696. The van der Waals surface area contributed by atoms with E-state index in [4.69, 9.17) is 4.74 Å². The molecule has 0 saturated carbocycles. The highest BCUT2D eigenvalue weighted by atomic mass is 16.6. The highest BCUT2D eigenvalue weighted by molar-refractivity contribution is 5.73. The lowest BCUT2D eigenvalue weighted by Gasteiger charge is -2.20. The average Bonchev–Trinajstić information content (AvgIpc) is 2.89. The first-order chi connectivity index (χ1) is 7.90. The van der Waals surface area contributed by atoms with Crippen LogP contribution in [0.3, 0.4) is 0 Å². The molecule has 0 radical (unpaired) electrons. The van der Waals surface area contributed by atoms with Gasteiger partial charge in [-0.15, -0.1) is 0 Å². The van der Waals surface area contributed by atoms with Gasteiger partial charge in [-0.3, -0.25) is 4.90 Å². The third kappa shape index (κ3) is 2.60. The van der Waals surface area contributed by atoms with Crippen LogP contribution in [0.4, 0.5) is 4.79 Å². The summed E-state index contributed by atoms with van der Waals surface area (Å²) >= 11 is 0. The number of nitrogens with zero attached hydrogens (tertiary/aromatic N) is 1. The van der Waals surface area contributed by atoms with Crippen molar-refractivity contribution in [3.05, 3.63) is 35.9 Å². The Hall–Kier alpha value is -1.51. The second-order valence-corrected chi connectivity index (χ2v) is 5.48. The summed E-state index contributed by atoms with van der Waals surface area (Å²) in [6, 6.07) is 10.5. The minimum absolute atomic E-state index is 0.172. The molecule has 17 heavy (non-hydrogen) atoms. The average molecular weight is 233 g/mol. The first-order valence-corrected chi connectivity index (χ1v) is 5.96. The zero-order valence-corrected chi connectivity index (χ0v) is 10.8. The van der Waals surface area contributed by atoms with E-state index in [2.05, 4.69) is 0 Å². The van der Waals surface area contributed by atoms with Gasteiger partial charge in [0.2, 0.25) is 0 Å². The Kier molecular flexibility index (Phi) is 2.86. The van der Waals surface area contributed by atoms with Crippen LogP contribution in [-0.2, 0) is 4.74 Å². The van der Waals surface area contributed by atoms with E-state index in [0.717, 1.165) is 0 Å². The predicted octanol–water partition coefficient (Wildman–Crippen LogP) is 3.37. The third-order valence-electron chi connectivity index (χ3n) is 2.85. The lowest BCUT2D eigenvalue weighted by molar-refractivity contribution is 0.0395. The number of carbonyl (C=O) groups excluding carboxylic acids is 1. The Bertz CT molecular complexity index is 408. The first-order valence-electron chi connectivity index (χ1n) is 5.96. The maximum Gasteiger partial charge on any atom is 0.411 e. The molecule has 1 aliphatic heterocycles. The van der Waals surface area contributed by atoms with Crippen molar-refractivity contribution in [3.63, 3.8) is 0 Å². The Labute approximate surface area is 102 Å². The second-order valence-electron chi connectivity index (χ2n) is 5.48. The van der Waals surface area contributed by atoms with Crippen LogP contribution in [-0.4, -0.2) is 22.6 Å². The SMILES string of the molecule is CC1[C@@H](c2ccccc2)N1C(=O)OC(C)(C)C. The summed E-state index contributed by atoms with van der Waals surface area (Å²) in [4.78, 5) is 13.7. The van der Waals surface area contributed by atoms with Crippen molar-refractivity contribution in [2.45, 2.75) is 45.4 Å². The topological polar surface area (TPSA) is 29.3 Å². The zero-order valence-electron chi connectivity index (χ0n) is 10.8. The maximum absolute atomic E-state index is 11.9. The molecule has 92 valence electrons. The van der Waals surface area contributed by atoms with Crippen LogP contribution in [0, 0.1) is 0 Å². The summed E-state index contributed by atoms with van der Waals surface area (Å²) < 4.78 is 5.37. The van der Waals surface area contributed by atoms with Crippen molar-refractivity contribution < 1.29 is 9.53 Å². The molecule has 1 amide bonds. The Morgan fingerprint density at radius 1 is 1.24 bits per heavy atom. The number of benzene rings is 1. The van der Waals surface area contributed by atoms with E-state index in [1.165, 1.54) is 5.56 Å². The lowest BCUT2D eigenvalue weighted by atomic mass is 10.1. The normalized spacial score (nSPS) is 23.4. The molecule has 1 saturated heterocycles. The summed E-state index contributed by atoms with van der Waals surface area (Å²) in [7, 11) is 0. The van der Waals surface area contributed by atoms with Gasteiger partial charge in [0, 0.05) is 0 Å². The van der Waals surface area contributed by atoms with Crippen LogP contribution in [0.25, 0.3) is 0 Å². The van der Waals surface area contributed by atoms with Gasteiger partial charge in [-0.05, 0) is 33.3 Å². The highest BCUT2D eigenvalue weighted by Crippen LogP contribution is 2.43. The molecular formula is C14H19NO2. The van der Waals surface area contributed by atoms with Crippen LogP contribution >= 0.6 is 0 Å². The number of rotatable bonds is 1. The van der Waals surface area contributed by atoms with Crippen molar-refractivity contribution in [1.29, 1.82) is 0 Å². The van der Waals surface area contributed by atoms with Gasteiger partial charge in [-0.1, -0.05) is 30.3 Å². The van der Waals surface area contributed by atoms with Crippen LogP contribution < -0.4 is 0 Å². The molecular weight excluding hydrogens is 214 g/mol. The number of hydrogen-bond acceptors (Lipinski definition) is 2.